The first-order valence-corrected chi connectivity index (χ1v) is 10.3. The molecular formula is C22H20N7O4. The second-order valence-corrected chi connectivity index (χ2v) is 7.75. The SMILES string of the molecule is CNCc1cc(Oc2ccc3c(c2)c(-c2[c]nn(C(N)=O)c2C2CC2)cn3C(=O)O)ncn1. The molecule has 1 amide bonds. The number of hydrogen-bond acceptors (Lipinski definition) is 7. The van der Waals surface area contributed by atoms with Crippen molar-refractivity contribution in [2.75, 3.05) is 7.05 Å². The second-order valence-electron chi connectivity index (χ2n) is 7.75. The quantitative estimate of drug-likeness (QED) is 0.409. The first-order chi connectivity index (χ1) is 16.0. The molecule has 3 aromatic heterocycles. The van der Waals surface area contributed by atoms with Crippen LogP contribution < -0.4 is 15.8 Å². The van der Waals surface area contributed by atoms with Crippen LogP contribution in [-0.2, 0) is 6.54 Å². The van der Waals surface area contributed by atoms with Gasteiger partial charge in [-0.1, -0.05) is 0 Å². The first-order valence-electron chi connectivity index (χ1n) is 10.3. The molecule has 33 heavy (non-hydrogen) atoms. The Morgan fingerprint density at radius 2 is 2.12 bits per heavy atom. The van der Waals surface area contributed by atoms with Gasteiger partial charge in [0.2, 0.25) is 5.88 Å². The molecule has 4 N–H and O–H groups in total. The molecular weight excluding hydrogens is 426 g/mol. The number of primary amides is 1. The van der Waals surface area contributed by atoms with E-state index in [1.165, 1.54) is 12.5 Å². The van der Waals surface area contributed by atoms with E-state index in [1.54, 1.807) is 24.3 Å². The maximum atomic E-state index is 11.9. The van der Waals surface area contributed by atoms with E-state index in [0.717, 1.165) is 27.8 Å². The smallest absolute Gasteiger partial charge is 0.416 e. The van der Waals surface area contributed by atoms with Gasteiger partial charge in [0, 0.05) is 41.2 Å². The van der Waals surface area contributed by atoms with Gasteiger partial charge in [-0.15, -0.1) is 0 Å². The molecule has 4 aromatic rings. The molecule has 0 spiro atoms. The van der Waals surface area contributed by atoms with E-state index in [0.29, 0.717) is 45.9 Å². The summed E-state index contributed by atoms with van der Waals surface area (Å²) in [5, 5.41) is 17.4. The number of carboxylic acid groups (broad SMARTS) is 1. The molecule has 0 saturated heterocycles. The fourth-order valence-corrected chi connectivity index (χ4v) is 3.88. The van der Waals surface area contributed by atoms with Crippen LogP contribution in [0, 0.1) is 6.20 Å². The Bertz CT molecular complexity index is 1390. The van der Waals surface area contributed by atoms with Crippen LogP contribution >= 0.6 is 0 Å². The van der Waals surface area contributed by atoms with Crippen LogP contribution in [0.25, 0.3) is 22.0 Å². The summed E-state index contributed by atoms with van der Waals surface area (Å²) in [5.41, 5.74) is 8.49. The summed E-state index contributed by atoms with van der Waals surface area (Å²) >= 11 is 0. The standard InChI is InChI=1S/C22H20N7O4/c1-24-8-13-6-19(26-11-25-13)33-14-4-5-18-15(7-14)17(10-28(18)22(31)32)16-9-27-29(21(23)30)20(16)12-2-3-12/h4-7,10-12,24H,2-3,8H2,1H3,(H2,23,30)(H,31,32). The van der Waals surface area contributed by atoms with Gasteiger partial charge in [0.15, 0.2) is 0 Å². The molecule has 0 unspecified atom stereocenters. The number of ether oxygens (including phenoxy) is 1. The molecule has 1 saturated carbocycles. The van der Waals surface area contributed by atoms with Crippen molar-refractivity contribution in [3.63, 3.8) is 0 Å². The van der Waals surface area contributed by atoms with E-state index in [-0.39, 0.29) is 5.92 Å². The van der Waals surface area contributed by atoms with Crippen molar-refractivity contribution in [3.8, 4) is 22.8 Å². The number of fused-ring (bicyclic) bond motifs is 1. The predicted octanol–water partition coefficient (Wildman–Crippen LogP) is 2.94. The van der Waals surface area contributed by atoms with Crippen LogP contribution in [0.3, 0.4) is 0 Å². The topological polar surface area (TPSA) is 150 Å². The molecule has 167 valence electrons. The maximum absolute atomic E-state index is 11.9. The normalized spacial score (nSPS) is 13.4. The number of rotatable bonds is 6. The fourth-order valence-electron chi connectivity index (χ4n) is 3.88. The summed E-state index contributed by atoms with van der Waals surface area (Å²) in [6, 6.07) is 6.08. The van der Waals surface area contributed by atoms with Crippen LogP contribution in [-0.4, -0.2) is 48.6 Å². The van der Waals surface area contributed by atoms with Gasteiger partial charge in [-0.25, -0.2) is 19.6 Å². The molecule has 11 nitrogen and oxygen atoms in total. The minimum absolute atomic E-state index is 0.125. The zero-order valence-electron chi connectivity index (χ0n) is 17.6. The zero-order chi connectivity index (χ0) is 23.1. The van der Waals surface area contributed by atoms with Gasteiger partial charge in [0.05, 0.1) is 16.9 Å². The number of aromatic nitrogens is 5. The summed E-state index contributed by atoms with van der Waals surface area (Å²) < 4.78 is 8.19. The number of nitrogens with one attached hydrogen (secondary N) is 1. The summed E-state index contributed by atoms with van der Waals surface area (Å²) in [5.74, 6) is 0.956. The summed E-state index contributed by atoms with van der Waals surface area (Å²) in [7, 11) is 1.82. The monoisotopic (exact) mass is 446 g/mol. The number of nitrogens with two attached hydrogens (primary N) is 1. The van der Waals surface area contributed by atoms with Crippen molar-refractivity contribution < 1.29 is 19.4 Å². The van der Waals surface area contributed by atoms with Crippen molar-refractivity contribution in [3.05, 3.63) is 54.4 Å². The Morgan fingerprint density at radius 1 is 1.30 bits per heavy atom. The minimum atomic E-state index is -1.14. The van der Waals surface area contributed by atoms with E-state index in [2.05, 4.69) is 26.6 Å². The number of nitrogens with zero attached hydrogens (tertiary/aromatic N) is 5. The number of hydrogen-bond donors (Lipinski definition) is 3. The van der Waals surface area contributed by atoms with Gasteiger partial charge in [-0.05, 0) is 38.1 Å². The first kappa shape index (κ1) is 20.6. The number of carbonyl (C=O) groups is 2. The largest absolute Gasteiger partial charge is 0.464 e. The Labute approximate surface area is 187 Å². The third-order valence-corrected chi connectivity index (χ3v) is 5.45. The lowest BCUT2D eigenvalue weighted by molar-refractivity contribution is 0.197. The Kier molecular flexibility index (Phi) is 5.02. The molecule has 0 bridgehead atoms. The van der Waals surface area contributed by atoms with E-state index in [4.69, 9.17) is 10.5 Å². The highest BCUT2D eigenvalue weighted by Crippen LogP contribution is 2.46. The number of benzene rings is 1. The summed E-state index contributed by atoms with van der Waals surface area (Å²) in [6.07, 6.45) is 6.44. The second kappa shape index (κ2) is 8.02. The van der Waals surface area contributed by atoms with Crippen LogP contribution in [0.4, 0.5) is 9.59 Å². The fraction of sp³-hybridized carbons (Fsp3) is 0.227. The van der Waals surface area contributed by atoms with Crippen LogP contribution in [0.15, 0.2) is 36.8 Å². The van der Waals surface area contributed by atoms with Crippen LogP contribution in [0.1, 0.15) is 30.1 Å². The van der Waals surface area contributed by atoms with E-state index < -0.39 is 12.1 Å². The van der Waals surface area contributed by atoms with Crippen LogP contribution in [0.5, 0.6) is 11.6 Å². The van der Waals surface area contributed by atoms with Crippen molar-refractivity contribution in [1.29, 1.82) is 0 Å². The number of amides is 1. The van der Waals surface area contributed by atoms with Crippen molar-refractivity contribution in [2.45, 2.75) is 25.3 Å². The highest BCUT2D eigenvalue weighted by molar-refractivity contribution is 6.01. The van der Waals surface area contributed by atoms with E-state index in [1.807, 2.05) is 7.05 Å². The molecule has 3 heterocycles. The molecule has 0 atom stereocenters. The molecule has 1 radical (unpaired) electrons. The average molecular weight is 446 g/mol. The lowest BCUT2D eigenvalue weighted by Crippen LogP contribution is -2.22. The van der Waals surface area contributed by atoms with Crippen LogP contribution in [0.2, 0.25) is 0 Å². The molecule has 1 aromatic carbocycles. The highest BCUT2D eigenvalue weighted by atomic mass is 16.5. The van der Waals surface area contributed by atoms with Gasteiger partial charge < -0.3 is 20.9 Å². The van der Waals surface area contributed by atoms with Gasteiger partial charge in [0.1, 0.15) is 18.3 Å². The third kappa shape index (κ3) is 3.78. The molecule has 0 aliphatic heterocycles. The van der Waals surface area contributed by atoms with E-state index in [9.17, 15) is 14.7 Å². The molecule has 1 aliphatic carbocycles. The van der Waals surface area contributed by atoms with Gasteiger partial charge in [-0.2, -0.15) is 9.78 Å². The lowest BCUT2D eigenvalue weighted by atomic mass is 10.0. The zero-order valence-corrected chi connectivity index (χ0v) is 17.6. The molecule has 1 aliphatic rings. The average Bonchev–Trinajstić information content (AvgIpc) is 3.41. The Morgan fingerprint density at radius 3 is 2.82 bits per heavy atom. The van der Waals surface area contributed by atoms with Crippen molar-refractivity contribution in [1.82, 2.24) is 29.6 Å². The minimum Gasteiger partial charge on any atom is -0.464 e. The predicted molar refractivity (Wildman–Crippen MR) is 117 cm³/mol. The molecule has 11 heteroatoms. The van der Waals surface area contributed by atoms with Gasteiger partial charge >= 0.3 is 12.1 Å². The molecule has 5 rings (SSSR count). The summed E-state index contributed by atoms with van der Waals surface area (Å²) in [4.78, 5) is 32.1. The highest BCUT2D eigenvalue weighted by Gasteiger charge is 2.33. The Hall–Kier alpha value is -4.25. The van der Waals surface area contributed by atoms with Gasteiger partial charge in [0.25, 0.3) is 0 Å². The summed E-state index contributed by atoms with van der Waals surface area (Å²) in [6.45, 7) is 0.563. The van der Waals surface area contributed by atoms with Crippen molar-refractivity contribution >= 4 is 23.0 Å². The third-order valence-electron chi connectivity index (χ3n) is 5.45. The van der Waals surface area contributed by atoms with Gasteiger partial charge in [-0.3, -0.25) is 4.57 Å². The number of carbonyl (C=O) groups excluding carboxylic acids is 1. The molecule has 1 fully saturated rings. The lowest BCUT2D eigenvalue weighted by Gasteiger charge is -2.08. The maximum Gasteiger partial charge on any atom is 0.416 e. The van der Waals surface area contributed by atoms with Crippen molar-refractivity contribution in [2.24, 2.45) is 5.73 Å². The Balaban J connectivity index is 1.62. The van der Waals surface area contributed by atoms with E-state index >= 15 is 0 Å².